The number of ether oxygens (including phenoxy) is 1. The van der Waals surface area contributed by atoms with Crippen LogP contribution in [-0.4, -0.2) is 18.1 Å². The average molecular weight is 333 g/mol. The van der Waals surface area contributed by atoms with Crippen LogP contribution in [-0.2, 0) is 4.74 Å². The van der Waals surface area contributed by atoms with Crippen LogP contribution in [0.3, 0.4) is 0 Å². The van der Waals surface area contributed by atoms with Gasteiger partial charge < -0.3 is 10.5 Å². The zero-order valence-electron chi connectivity index (χ0n) is 9.11. The second kappa shape index (κ2) is 4.75. The molecule has 2 rings (SSSR count). The van der Waals surface area contributed by atoms with Gasteiger partial charge >= 0.3 is 5.97 Å². The van der Waals surface area contributed by atoms with Crippen LogP contribution < -0.4 is 5.73 Å². The van der Waals surface area contributed by atoms with E-state index >= 15 is 0 Å². The number of thiazole rings is 1. The number of carbonyl (C=O) groups is 1. The molecule has 0 aliphatic rings. The molecule has 0 bridgehead atoms. The van der Waals surface area contributed by atoms with E-state index in [2.05, 4.69) is 20.9 Å². The average Bonchev–Trinajstić information content (AvgIpc) is 2.82. The van der Waals surface area contributed by atoms with E-state index in [1.54, 1.807) is 11.3 Å². The molecule has 0 fully saturated rings. The first-order valence-electron chi connectivity index (χ1n) is 4.64. The van der Waals surface area contributed by atoms with Crippen molar-refractivity contribution in [3.05, 3.63) is 21.1 Å². The summed E-state index contributed by atoms with van der Waals surface area (Å²) in [5.74, 6) is -0.463. The molecule has 2 N–H and O–H groups in total. The van der Waals surface area contributed by atoms with Crippen LogP contribution in [0, 0.1) is 6.92 Å². The summed E-state index contributed by atoms with van der Waals surface area (Å²) in [4.78, 5) is 18.4. The number of nitrogens with two attached hydrogens (primary N) is 1. The van der Waals surface area contributed by atoms with Gasteiger partial charge in [-0.15, -0.1) is 11.3 Å². The van der Waals surface area contributed by atoms with Gasteiger partial charge in [0.15, 0.2) is 10.8 Å². The number of rotatable bonds is 2. The van der Waals surface area contributed by atoms with Crippen molar-refractivity contribution in [1.82, 2.24) is 4.98 Å². The molecule has 2 aromatic rings. The molecule has 7 heteroatoms. The Morgan fingerprint density at radius 2 is 2.24 bits per heavy atom. The number of nitrogens with zero attached hydrogens (tertiary/aromatic N) is 1. The predicted molar refractivity (Wildman–Crippen MR) is 73.6 cm³/mol. The van der Waals surface area contributed by atoms with Crippen molar-refractivity contribution in [1.29, 1.82) is 0 Å². The molecule has 17 heavy (non-hydrogen) atoms. The van der Waals surface area contributed by atoms with Crippen molar-refractivity contribution >= 4 is 49.7 Å². The molecule has 90 valence electrons. The molecule has 0 saturated heterocycles. The van der Waals surface area contributed by atoms with E-state index in [1.165, 1.54) is 18.4 Å². The van der Waals surface area contributed by atoms with Crippen molar-refractivity contribution < 1.29 is 9.53 Å². The monoisotopic (exact) mass is 332 g/mol. The van der Waals surface area contributed by atoms with Crippen LogP contribution in [0.15, 0.2) is 10.5 Å². The fraction of sp³-hybridized carbons (Fsp3) is 0.200. The van der Waals surface area contributed by atoms with Gasteiger partial charge in [0.05, 0.1) is 12.0 Å². The van der Waals surface area contributed by atoms with E-state index in [0.717, 1.165) is 19.1 Å². The number of nitrogen functional groups attached to an aromatic ring is 1. The molecular weight excluding hydrogens is 324 g/mol. The number of hydrogen-bond acceptors (Lipinski definition) is 6. The van der Waals surface area contributed by atoms with Crippen molar-refractivity contribution in [2.75, 3.05) is 12.8 Å². The standard InChI is InChI=1S/C10H9BrN2O2S2/c1-4-5(11)3-6(16-4)8-7(9(14)15-2)13-10(12)17-8/h3H,1-2H3,(H2,12,13). The zero-order chi connectivity index (χ0) is 12.6. The van der Waals surface area contributed by atoms with Gasteiger partial charge in [-0.25, -0.2) is 9.78 Å². The van der Waals surface area contributed by atoms with Crippen LogP contribution in [0.2, 0.25) is 0 Å². The lowest BCUT2D eigenvalue weighted by molar-refractivity contribution is 0.0596. The molecule has 0 aromatic carbocycles. The van der Waals surface area contributed by atoms with Crippen molar-refractivity contribution in [2.45, 2.75) is 6.92 Å². The van der Waals surface area contributed by atoms with Crippen molar-refractivity contribution in [2.24, 2.45) is 0 Å². The smallest absolute Gasteiger partial charge is 0.358 e. The summed E-state index contributed by atoms with van der Waals surface area (Å²) >= 11 is 6.32. The highest BCUT2D eigenvalue weighted by molar-refractivity contribution is 9.10. The number of aromatic nitrogens is 1. The molecule has 2 aromatic heterocycles. The van der Waals surface area contributed by atoms with E-state index in [-0.39, 0.29) is 5.69 Å². The molecule has 0 aliphatic heterocycles. The Morgan fingerprint density at radius 3 is 2.76 bits per heavy atom. The quantitative estimate of drug-likeness (QED) is 0.857. The number of methoxy groups -OCH3 is 1. The SMILES string of the molecule is COC(=O)c1nc(N)sc1-c1cc(Br)c(C)s1. The van der Waals surface area contributed by atoms with Gasteiger partial charge in [-0.3, -0.25) is 0 Å². The van der Waals surface area contributed by atoms with Gasteiger partial charge in [-0.1, -0.05) is 11.3 Å². The summed E-state index contributed by atoms with van der Waals surface area (Å²) in [5.41, 5.74) is 5.93. The minimum atomic E-state index is -0.463. The number of carbonyl (C=O) groups excluding carboxylic acids is 1. The minimum Gasteiger partial charge on any atom is -0.464 e. The fourth-order valence-electron chi connectivity index (χ4n) is 1.31. The Labute approximate surface area is 115 Å². The number of anilines is 1. The van der Waals surface area contributed by atoms with Crippen LogP contribution in [0.25, 0.3) is 9.75 Å². The van der Waals surface area contributed by atoms with Gasteiger partial charge in [0.1, 0.15) is 0 Å². The van der Waals surface area contributed by atoms with E-state index < -0.39 is 5.97 Å². The maximum Gasteiger partial charge on any atom is 0.358 e. The normalized spacial score (nSPS) is 10.5. The maximum atomic E-state index is 11.6. The third-order valence-corrected chi connectivity index (χ3v) is 5.30. The van der Waals surface area contributed by atoms with Crippen molar-refractivity contribution in [3.63, 3.8) is 0 Å². The van der Waals surface area contributed by atoms with Crippen LogP contribution in [0.5, 0.6) is 0 Å². The Bertz CT molecular complexity index is 557. The van der Waals surface area contributed by atoms with Crippen LogP contribution in [0.4, 0.5) is 5.13 Å². The summed E-state index contributed by atoms with van der Waals surface area (Å²) < 4.78 is 5.71. The molecule has 0 spiro atoms. The maximum absolute atomic E-state index is 11.6. The second-order valence-electron chi connectivity index (χ2n) is 3.24. The summed E-state index contributed by atoms with van der Waals surface area (Å²) in [7, 11) is 1.33. The lowest BCUT2D eigenvalue weighted by Crippen LogP contribution is -2.03. The van der Waals surface area contributed by atoms with Gasteiger partial charge in [0.25, 0.3) is 0 Å². The van der Waals surface area contributed by atoms with Gasteiger partial charge in [-0.2, -0.15) is 0 Å². The zero-order valence-corrected chi connectivity index (χ0v) is 12.3. The summed E-state index contributed by atoms with van der Waals surface area (Å²) in [6, 6.07) is 1.96. The predicted octanol–water partition coefficient (Wildman–Crippen LogP) is 3.31. The Balaban J connectivity index is 2.55. The number of halogens is 1. The number of esters is 1. The highest BCUT2D eigenvalue weighted by Crippen LogP contribution is 2.39. The van der Waals surface area contributed by atoms with E-state index in [4.69, 9.17) is 10.5 Å². The number of hydrogen-bond donors (Lipinski definition) is 1. The lowest BCUT2D eigenvalue weighted by Gasteiger charge is -1.96. The molecule has 0 aliphatic carbocycles. The first-order valence-corrected chi connectivity index (χ1v) is 7.06. The molecule has 0 atom stereocenters. The van der Waals surface area contributed by atoms with E-state index in [9.17, 15) is 4.79 Å². The minimum absolute atomic E-state index is 0.281. The number of aryl methyl sites for hydroxylation is 1. The molecule has 0 amide bonds. The van der Waals surface area contributed by atoms with Gasteiger partial charge in [-0.05, 0) is 28.9 Å². The van der Waals surface area contributed by atoms with Crippen molar-refractivity contribution in [3.8, 4) is 9.75 Å². The Hall–Kier alpha value is -0.920. The second-order valence-corrected chi connectivity index (χ2v) is 6.38. The highest BCUT2D eigenvalue weighted by Gasteiger charge is 2.21. The molecule has 0 saturated carbocycles. The van der Waals surface area contributed by atoms with Gasteiger partial charge in [0, 0.05) is 14.2 Å². The van der Waals surface area contributed by atoms with Gasteiger partial charge in [0.2, 0.25) is 0 Å². The van der Waals surface area contributed by atoms with Crippen LogP contribution >= 0.6 is 38.6 Å². The summed E-state index contributed by atoms with van der Waals surface area (Å²) in [6.45, 7) is 2.00. The molecule has 0 unspecified atom stereocenters. The topological polar surface area (TPSA) is 65.2 Å². The first-order chi connectivity index (χ1) is 8.02. The lowest BCUT2D eigenvalue weighted by atomic mass is 10.3. The van der Waals surface area contributed by atoms with Crippen LogP contribution in [0.1, 0.15) is 15.4 Å². The summed E-state index contributed by atoms with van der Waals surface area (Å²) in [5, 5.41) is 0.363. The Kier molecular flexibility index (Phi) is 3.50. The first kappa shape index (κ1) is 12.5. The summed E-state index contributed by atoms with van der Waals surface area (Å²) in [6.07, 6.45) is 0. The van der Waals surface area contributed by atoms with E-state index in [1.807, 2.05) is 13.0 Å². The Morgan fingerprint density at radius 1 is 1.53 bits per heavy atom. The molecule has 2 heterocycles. The highest BCUT2D eigenvalue weighted by atomic mass is 79.9. The third kappa shape index (κ3) is 2.36. The largest absolute Gasteiger partial charge is 0.464 e. The third-order valence-electron chi connectivity index (χ3n) is 2.10. The van der Waals surface area contributed by atoms with E-state index in [0.29, 0.717) is 5.13 Å². The molecular formula is C10H9BrN2O2S2. The molecule has 0 radical (unpaired) electrons. The number of thiophene rings is 1. The fourth-order valence-corrected chi connectivity index (χ4v) is 3.77. The molecule has 4 nitrogen and oxygen atoms in total.